The molecule has 0 bridgehead atoms. The van der Waals surface area contributed by atoms with Gasteiger partial charge in [0.2, 0.25) is 0 Å². The second-order valence-electron chi connectivity index (χ2n) is 10.6. The van der Waals surface area contributed by atoms with Crippen molar-refractivity contribution < 1.29 is 29.0 Å². The SMILES string of the molecule is CCOC(=O)c1sc(N2C(=O)C(=O)C(=C(O)c3ccc(OCC)cc3C)[C@@H]2c2ccc(C(C)(C)C)cc2)nc1C. The number of aryl methyl sites for hydroxylation is 2. The van der Waals surface area contributed by atoms with Crippen LogP contribution in [0.3, 0.4) is 0 Å². The Morgan fingerprint density at radius 2 is 1.73 bits per heavy atom. The van der Waals surface area contributed by atoms with Gasteiger partial charge >= 0.3 is 11.9 Å². The maximum absolute atomic E-state index is 13.6. The third-order valence-electron chi connectivity index (χ3n) is 6.75. The number of aliphatic hydroxyl groups is 1. The summed E-state index contributed by atoms with van der Waals surface area (Å²) >= 11 is 0.983. The summed E-state index contributed by atoms with van der Waals surface area (Å²) in [5.41, 5.74) is 3.04. The van der Waals surface area contributed by atoms with Gasteiger partial charge in [-0.1, -0.05) is 56.4 Å². The lowest BCUT2D eigenvalue weighted by Crippen LogP contribution is -2.29. The van der Waals surface area contributed by atoms with E-state index in [0.717, 1.165) is 16.9 Å². The summed E-state index contributed by atoms with van der Waals surface area (Å²) in [7, 11) is 0. The monoisotopic (exact) mass is 562 g/mol. The molecular weight excluding hydrogens is 528 g/mol. The Morgan fingerprint density at radius 3 is 2.30 bits per heavy atom. The van der Waals surface area contributed by atoms with Gasteiger partial charge in [0.05, 0.1) is 30.5 Å². The maximum atomic E-state index is 13.6. The first kappa shape index (κ1) is 29.0. The molecule has 1 N–H and O–H groups in total. The van der Waals surface area contributed by atoms with Gasteiger partial charge in [0.1, 0.15) is 16.4 Å². The van der Waals surface area contributed by atoms with E-state index in [1.165, 1.54) is 4.90 Å². The van der Waals surface area contributed by atoms with Crippen LogP contribution in [0.1, 0.15) is 78.3 Å². The van der Waals surface area contributed by atoms with Crippen molar-refractivity contribution in [3.8, 4) is 5.75 Å². The average molecular weight is 563 g/mol. The number of esters is 1. The van der Waals surface area contributed by atoms with Crippen molar-refractivity contribution in [3.05, 3.63) is 80.9 Å². The van der Waals surface area contributed by atoms with Gasteiger partial charge in [0.25, 0.3) is 5.78 Å². The van der Waals surface area contributed by atoms with Crippen LogP contribution in [0.15, 0.2) is 48.0 Å². The molecule has 3 aromatic rings. The van der Waals surface area contributed by atoms with Crippen LogP contribution in [-0.2, 0) is 19.7 Å². The number of rotatable bonds is 7. The number of ketones is 1. The van der Waals surface area contributed by atoms with E-state index >= 15 is 0 Å². The first-order chi connectivity index (χ1) is 18.9. The first-order valence-electron chi connectivity index (χ1n) is 13.2. The van der Waals surface area contributed by atoms with Crippen LogP contribution in [-0.4, -0.2) is 41.0 Å². The van der Waals surface area contributed by atoms with E-state index in [4.69, 9.17) is 9.47 Å². The van der Waals surface area contributed by atoms with Crippen molar-refractivity contribution in [2.75, 3.05) is 18.1 Å². The highest BCUT2D eigenvalue weighted by Crippen LogP contribution is 2.44. The maximum Gasteiger partial charge on any atom is 0.350 e. The first-order valence-corrected chi connectivity index (χ1v) is 14.0. The number of amides is 1. The van der Waals surface area contributed by atoms with Crippen LogP contribution in [0.4, 0.5) is 5.13 Å². The minimum Gasteiger partial charge on any atom is -0.507 e. The minimum atomic E-state index is -0.958. The fraction of sp³-hybridized carbons (Fsp3) is 0.355. The molecule has 0 aliphatic carbocycles. The molecule has 1 amide bonds. The molecule has 1 aliphatic heterocycles. The highest BCUT2D eigenvalue weighted by Gasteiger charge is 2.48. The van der Waals surface area contributed by atoms with Crippen LogP contribution in [0.2, 0.25) is 0 Å². The highest BCUT2D eigenvalue weighted by atomic mass is 32.1. The van der Waals surface area contributed by atoms with Crippen molar-refractivity contribution in [2.24, 2.45) is 0 Å². The zero-order chi connectivity index (χ0) is 29.4. The van der Waals surface area contributed by atoms with Gasteiger partial charge in [-0.05, 0) is 68.0 Å². The molecule has 0 saturated carbocycles. The quantitative estimate of drug-likeness (QED) is 0.157. The van der Waals surface area contributed by atoms with Crippen molar-refractivity contribution in [1.82, 2.24) is 4.98 Å². The fourth-order valence-corrected chi connectivity index (χ4v) is 5.67. The van der Waals surface area contributed by atoms with Gasteiger partial charge in [-0.3, -0.25) is 14.5 Å². The van der Waals surface area contributed by atoms with Crippen molar-refractivity contribution in [2.45, 2.75) is 59.9 Å². The molecule has 1 aromatic heterocycles. The third-order valence-corrected chi connectivity index (χ3v) is 7.89. The van der Waals surface area contributed by atoms with E-state index < -0.39 is 23.7 Å². The Balaban J connectivity index is 1.92. The molecule has 2 aromatic carbocycles. The summed E-state index contributed by atoms with van der Waals surface area (Å²) in [6.45, 7) is 14.0. The Kier molecular flexibility index (Phi) is 8.16. The van der Waals surface area contributed by atoms with Crippen LogP contribution in [0.25, 0.3) is 5.76 Å². The molecule has 0 radical (unpaired) electrons. The normalized spacial score (nSPS) is 16.9. The highest BCUT2D eigenvalue weighted by molar-refractivity contribution is 7.17. The smallest absolute Gasteiger partial charge is 0.350 e. The topological polar surface area (TPSA) is 106 Å². The largest absolute Gasteiger partial charge is 0.507 e. The predicted molar refractivity (Wildman–Crippen MR) is 155 cm³/mol. The molecule has 4 rings (SSSR count). The average Bonchev–Trinajstić information content (AvgIpc) is 3.40. The number of aliphatic hydroxyl groups excluding tert-OH is 1. The number of hydrogen-bond donors (Lipinski definition) is 1. The zero-order valence-corrected chi connectivity index (χ0v) is 24.6. The fourth-order valence-electron chi connectivity index (χ4n) is 4.69. The van der Waals surface area contributed by atoms with Crippen LogP contribution in [0.5, 0.6) is 5.75 Å². The number of ether oxygens (including phenoxy) is 2. The van der Waals surface area contributed by atoms with Crippen molar-refractivity contribution >= 4 is 39.9 Å². The Morgan fingerprint density at radius 1 is 1.05 bits per heavy atom. The van der Waals surface area contributed by atoms with Gasteiger partial charge in [-0.15, -0.1) is 0 Å². The van der Waals surface area contributed by atoms with E-state index in [1.807, 2.05) is 31.2 Å². The number of nitrogens with zero attached hydrogens (tertiary/aromatic N) is 2. The van der Waals surface area contributed by atoms with E-state index in [1.54, 1.807) is 39.0 Å². The lowest BCUT2D eigenvalue weighted by molar-refractivity contribution is -0.132. The molecule has 1 aliphatic rings. The number of Topliss-reactive ketones (excluding diaryl/α,β-unsaturated/α-hetero) is 1. The number of anilines is 1. The summed E-state index contributed by atoms with van der Waals surface area (Å²) in [6.07, 6.45) is 0. The Hall–Kier alpha value is -3.98. The summed E-state index contributed by atoms with van der Waals surface area (Å²) in [5.74, 6) is -1.86. The molecule has 1 atom stereocenters. The minimum absolute atomic E-state index is 0.0497. The number of carbonyl (C=O) groups is 3. The van der Waals surface area contributed by atoms with E-state index in [2.05, 4.69) is 25.8 Å². The summed E-state index contributed by atoms with van der Waals surface area (Å²) in [5, 5.41) is 11.7. The molecule has 1 fully saturated rings. The number of thiazole rings is 1. The molecule has 40 heavy (non-hydrogen) atoms. The summed E-state index contributed by atoms with van der Waals surface area (Å²) in [6, 6.07) is 11.8. The molecule has 2 heterocycles. The van der Waals surface area contributed by atoms with Crippen molar-refractivity contribution in [1.29, 1.82) is 0 Å². The molecule has 1 saturated heterocycles. The van der Waals surface area contributed by atoms with E-state index in [9.17, 15) is 19.5 Å². The number of aromatic nitrogens is 1. The van der Waals surface area contributed by atoms with Gasteiger partial charge in [-0.2, -0.15) is 0 Å². The Bertz CT molecular complexity index is 1500. The van der Waals surface area contributed by atoms with Gasteiger partial charge < -0.3 is 14.6 Å². The standard InChI is InChI=1S/C31H34N2O6S/c1-8-38-21-14-15-22(17(3)16-21)25(34)23-24(19-10-12-20(13-11-19)31(5,6)7)33(28(36)26(23)35)30-32-18(4)27(40-30)29(37)39-9-2/h10-16,24,34H,8-9H2,1-7H3/t24-/m0/s1. The second-order valence-corrected chi connectivity index (χ2v) is 11.6. The number of carbonyl (C=O) groups excluding carboxylic acids is 3. The number of benzene rings is 2. The van der Waals surface area contributed by atoms with Crippen LogP contribution >= 0.6 is 11.3 Å². The summed E-state index contributed by atoms with van der Waals surface area (Å²) < 4.78 is 10.7. The zero-order valence-electron chi connectivity index (χ0n) is 23.8. The molecular formula is C31H34N2O6S. The van der Waals surface area contributed by atoms with Gasteiger partial charge in [0, 0.05) is 5.56 Å². The Labute approximate surface area is 238 Å². The molecule has 8 nitrogen and oxygen atoms in total. The molecule has 0 unspecified atom stereocenters. The van der Waals surface area contributed by atoms with Crippen LogP contribution in [0, 0.1) is 13.8 Å². The van der Waals surface area contributed by atoms with Gasteiger partial charge in [-0.25, -0.2) is 9.78 Å². The molecule has 9 heteroatoms. The van der Waals surface area contributed by atoms with Gasteiger partial charge in [0.15, 0.2) is 5.13 Å². The van der Waals surface area contributed by atoms with Crippen LogP contribution < -0.4 is 9.64 Å². The second kappa shape index (κ2) is 11.3. The molecule has 210 valence electrons. The van der Waals surface area contributed by atoms with E-state index in [-0.39, 0.29) is 33.4 Å². The third kappa shape index (κ3) is 5.38. The predicted octanol–water partition coefficient (Wildman–Crippen LogP) is 6.26. The molecule has 0 spiro atoms. The van der Waals surface area contributed by atoms with E-state index in [0.29, 0.717) is 34.7 Å². The van der Waals surface area contributed by atoms with Crippen molar-refractivity contribution in [3.63, 3.8) is 0 Å². The lowest BCUT2D eigenvalue weighted by atomic mass is 9.85. The lowest BCUT2D eigenvalue weighted by Gasteiger charge is -2.25. The summed E-state index contributed by atoms with van der Waals surface area (Å²) in [4.78, 5) is 45.6. The number of hydrogen-bond acceptors (Lipinski definition) is 8.